The number of carbonyl (C=O) groups excluding carboxylic acids is 1. The number of amides is 1. The molecule has 0 saturated carbocycles. The SMILES string of the molecule is O=C(NCC1CCCO1)c1cccc(C2=CCNC(Cc3ccccc3)=C2)c1. The van der Waals surface area contributed by atoms with E-state index in [4.69, 9.17) is 4.74 Å². The molecule has 4 heteroatoms. The van der Waals surface area contributed by atoms with Crippen LogP contribution in [-0.2, 0) is 11.2 Å². The molecule has 1 amide bonds. The van der Waals surface area contributed by atoms with Crippen molar-refractivity contribution in [1.29, 1.82) is 0 Å². The maximum atomic E-state index is 12.5. The fourth-order valence-corrected chi connectivity index (χ4v) is 3.67. The topological polar surface area (TPSA) is 50.4 Å². The molecule has 1 saturated heterocycles. The van der Waals surface area contributed by atoms with Gasteiger partial charge in [-0.25, -0.2) is 0 Å². The lowest BCUT2D eigenvalue weighted by molar-refractivity contribution is 0.0858. The largest absolute Gasteiger partial charge is 0.385 e. The van der Waals surface area contributed by atoms with Crippen molar-refractivity contribution in [2.75, 3.05) is 19.7 Å². The third-order valence-electron chi connectivity index (χ3n) is 5.19. The predicted octanol–water partition coefficient (Wildman–Crippen LogP) is 3.71. The van der Waals surface area contributed by atoms with Gasteiger partial charge in [-0.3, -0.25) is 4.79 Å². The summed E-state index contributed by atoms with van der Waals surface area (Å²) in [6, 6.07) is 18.3. The zero-order valence-electron chi connectivity index (χ0n) is 16.0. The van der Waals surface area contributed by atoms with Gasteiger partial charge in [-0.1, -0.05) is 48.5 Å². The number of nitrogens with one attached hydrogen (secondary N) is 2. The van der Waals surface area contributed by atoms with Gasteiger partial charge in [0.05, 0.1) is 6.10 Å². The van der Waals surface area contributed by atoms with Gasteiger partial charge in [-0.05, 0) is 47.8 Å². The van der Waals surface area contributed by atoms with Gasteiger partial charge in [0.15, 0.2) is 0 Å². The van der Waals surface area contributed by atoms with Crippen molar-refractivity contribution >= 4 is 11.5 Å². The van der Waals surface area contributed by atoms with E-state index in [9.17, 15) is 4.79 Å². The fraction of sp³-hybridized carbons (Fsp3) is 0.292. The summed E-state index contributed by atoms with van der Waals surface area (Å²) in [5.41, 5.74) is 5.38. The van der Waals surface area contributed by atoms with Gasteiger partial charge in [0.25, 0.3) is 5.91 Å². The minimum absolute atomic E-state index is 0.0413. The molecule has 2 aromatic carbocycles. The number of hydrogen-bond donors (Lipinski definition) is 2. The normalized spacial score (nSPS) is 18.8. The molecule has 2 N–H and O–H groups in total. The molecule has 2 aliphatic rings. The van der Waals surface area contributed by atoms with E-state index in [0.717, 1.165) is 43.6 Å². The molecule has 2 heterocycles. The second-order valence-electron chi connectivity index (χ2n) is 7.30. The molecule has 2 aliphatic heterocycles. The van der Waals surface area contributed by atoms with Crippen molar-refractivity contribution in [3.8, 4) is 0 Å². The Kier molecular flexibility index (Phi) is 5.88. The standard InChI is InChI=1S/C24H26N2O2/c27-24(26-17-23-10-5-13-28-23)21-9-4-8-19(15-21)20-11-12-25-22(16-20)14-18-6-2-1-3-7-18/h1-4,6-9,11,15-16,23,25H,5,10,12-14,17H2,(H,26,27). The first kappa shape index (κ1) is 18.5. The van der Waals surface area contributed by atoms with Gasteiger partial charge in [0.1, 0.15) is 0 Å². The summed E-state index contributed by atoms with van der Waals surface area (Å²) in [7, 11) is 0. The Morgan fingerprint density at radius 3 is 2.86 bits per heavy atom. The molecule has 28 heavy (non-hydrogen) atoms. The number of benzene rings is 2. The Balaban J connectivity index is 1.44. The fourth-order valence-electron chi connectivity index (χ4n) is 3.67. The molecule has 2 aromatic rings. The zero-order valence-corrected chi connectivity index (χ0v) is 16.0. The maximum absolute atomic E-state index is 12.5. The number of rotatable bonds is 6. The van der Waals surface area contributed by atoms with E-state index in [1.54, 1.807) is 0 Å². The van der Waals surface area contributed by atoms with E-state index < -0.39 is 0 Å². The summed E-state index contributed by atoms with van der Waals surface area (Å²) in [4.78, 5) is 12.5. The first-order valence-electron chi connectivity index (χ1n) is 9.97. The van der Waals surface area contributed by atoms with E-state index in [1.807, 2.05) is 24.3 Å². The highest BCUT2D eigenvalue weighted by Crippen LogP contribution is 2.22. The number of allylic oxidation sites excluding steroid dienone is 3. The highest BCUT2D eigenvalue weighted by atomic mass is 16.5. The molecule has 0 bridgehead atoms. The van der Waals surface area contributed by atoms with Crippen molar-refractivity contribution in [3.05, 3.63) is 89.1 Å². The van der Waals surface area contributed by atoms with Crippen molar-refractivity contribution < 1.29 is 9.53 Å². The lowest BCUT2D eigenvalue weighted by Crippen LogP contribution is -2.31. The van der Waals surface area contributed by atoms with Crippen LogP contribution >= 0.6 is 0 Å². The van der Waals surface area contributed by atoms with Crippen LogP contribution in [0.25, 0.3) is 5.57 Å². The molecular weight excluding hydrogens is 348 g/mol. The van der Waals surface area contributed by atoms with Crippen LogP contribution < -0.4 is 10.6 Å². The van der Waals surface area contributed by atoms with Crippen molar-refractivity contribution in [2.24, 2.45) is 0 Å². The van der Waals surface area contributed by atoms with Crippen LogP contribution in [0.4, 0.5) is 0 Å². The van der Waals surface area contributed by atoms with E-state index in [-0.39, 0.29) is 12.0 Å². The van der Waals surface area contributed by atoms with Gasteiger partial charge in [0, 0.05) is 37.4 Å². The molecule has 0 aromatic heterocycles. The minimum atomic E-state index is -0.0413. The Morgan fingerprint density at radius 2 is 2.04 bits per heavy atom. The van der Waals surface area contributed by atoms with Crippen LogP contribution in [0.15, 0.2) is 72.4 Å². The summed E-state index contributed by atoms with van der Waals surface area (Å²) in [5.74, 6) is -0.0413. The molecule has 4 rings (SSSR count). The van der Waals surface area contributed by atoms with Crippen LogP contribution in [0.1, 0.15) is 34.3 Å². The molecular formula is C24H26N2O2. The first-order valence-corrected chi connectivity index (χ1v) is 9.97. The van der Waals surface area contributed by atoms with Crippen LogP contribution in [0.3, 0.4) is 0 Å². The molecule has 0 radical (unpaired) electrons. The summed E-state index contributed by atoms with van der Waals surface area (Å²) in [6.07, 6.45) is 7.48. The summed E-state index contributed by atoms with van der Waals surface area (Å²) in [5, 5.41) is 6.45. The van der Waals surface area contributed by atoms with E-state index >= 15 is 0 Å². The maximum Gasteiger partial charge on any atom is 0.251 e. The molecule has 144 valence electrons. The number of carbonyl (C=O) groups is 1. The Bertz CT molecular complexity index is 880. The zero-order chi connectivity index (χ0) is 19.2. The van der Waals surface area contributed by atoms with Gasteiger partial charge < -0.3 is 15.4 Å². The first-order chi connectivity index (χ1) is 13.8. The number of dihydropyridines is 1. The average molecular weight is 374 g/mol. The summed E-state index contributed by atoms with van der Waals surface area (Å²) >= 11 is 0. The second kappa shape index (κ2) is 8.89. The van der Waals surface area contributed by atoms with E-state index in [2.05, 4.69) is 53.1 Å². The smallest absolute Gasteiger partial charge is 0.251 e. The van der Waals surface area contributed by atoms with Gasteiger partial charge in [0.2, 0.25) is 0 Å². The molecule has 1 atom stereocenters. The lowest BCUT2D eigenvalue weighted by atomic mass is 9.98. The molecule has 1 unspecified atom stereocenters. The van der Waals surface area contributed by atoms with Crippen molar-refractivity contribution in [1.82, 2.24) is 10.6 Å². The Hall–Kier alpha value is -2.85. The predicted molar refractivity (Wildman–Crippen MR) is 112 cm³/mol. The molecule has 0 spiro atoms. The van der Waals surface area contributed by atoms with E-state index in [1.165, 1.54) is 11.3 Å². The molecule has 1 fully saturated rings. The van der Waals surface area contributed by atoms with Crippen molar-refractivity contribution in [3.63, 3.8) is 0 Å². The Labute approximate surface area is 166 Å². The minimum Gasteiger partial charge on any atom is -0.385 e. The highest BCUT2D eigenvalue weighted by Gasteiger charge is 2.17. The van der Waals surface area contributed by atoms with Crippen LogP contribution in [0, 0.1) is 0 Å². The van der Waals surface area contributed by atoms with E-state index in [0.29, 0.717) is 12.1 Å². The third-order valence-corrected chi connectivity index (χ3v) is 5.19. The molecule has 4 nitrogen and oxygen atoms in total. The van der Waals surface area contributed by atoms with Crippen LogP contribution in [-0.4, -0.2) is 31.7 Å². The van der Waals surface area contributed by atoms with Gasteiger partial charge in [-0.15, -0.1) is 0 Å². The number of ether oxygens (including phenoxy) is 1. The third kappa shape index (κ3) is 4.70. The monoisotopic (exact) mass is 374 g/mol. The van der Waals surface area contributed by atoms with Crippen molar-refractivity contribution in [2.45, 2.75) is 25.4 Å². The molecule has 0 aliphatic carbocycles. The summed E-state index contributed by atoms with van der Waals surface area (Å²) in [6.45, 7) is 2.18. The quantitative estimate of drug-likeness (QED) is 0.810. The van der Waals surface area contributed by atoms with Gasteiger partial charge in [-0.2, -0.15) is 0 Å². The lowest BCUT2D eigenvalue weighted by Gasteiger charge is -2.17. The number of hydrogen-bond acceptors (Lipinski definition) is 3. The second-order valence-corrected chi connectivity index (χ2v) is 7.30. The average Bonchev–Trinajstić information content (AvgIpc) is 3.27. The highest BCUT2D eigenvalue weighted by molar-refractivity contribution is 5.95. The Morgan fingerprint density at radius 1 is 1.14 bits per heavy atom. The summed E-state index contributed by atoms with van der Waals surface area (Å²) < 4.78 is 5.58. The van der Waals surface area contributed by atoms with Gasteiger partial charge >= 0.3 is 0 Å². The van der Waals surface area contributed by atoms with Crippen LogP contribution in [0.5, 0.6) is 0 Å². The van der Waals surface area contributed by atoms with Crippen LogP contribution in [0.2, 0.25) is 0 Å².